The van der Waals surface area contributed by atoms with Crippen molar-refractivity contribution in [1.29, 1.82) is 0 Å². The number of hydrogen-bond acceptors (Lipinski definition) is 3. The first-order valence-corrected chi connectivity index (χ1v) is 6.79. The molecule has 110 valence electrons. The number of aromatic nitrogens is 1. The van der Waals surface area contributed by atoms with Crippen molar-refractivity contribution in [3.63, 3.8) is 0 Å². The van der Waals surface area contributed by atoms with Gasteiger partial charge in [-0.05, 0) is 39.3 Å². The topological polar surface area (TPSA) is 31.4 Å². The van der Waals surface area contributed by atoms with E-state index >= 15 is 0 Å². The molecule has 20 heavy (non-hydrogen) atoms. The molecule has 2 rings (SSSR count). The number of hydrogen-bond donors (Lipinski definition) is 0. The summed E-state index contributed by atoms with van der Waals surface area (Å²) in [5.41, 5.74) is -0.144. The van der Waals surface area contributed by atoms with Gasteiger partial charge in [0.2, 0.25) is 6.43 Å². The van der Waals surface area contributed by atoms with Crippen molar-refractivity contribution in [3.05, 3.63) is 22.8 Å². The van der Waals surface area contributed by atoms with Crippen LogP contribution in [0.3, 0.4) is 0 Å². The van der Waals surface area contributed by atoms with Crippen LogP contribution in [0.4, 0.5) is 8.78 Å². The van der Waals surface area contributed by atoms with Gasteiger partial charge in [-0.1, -0.05) is 17.7 Å². The average Bonchev–Trinajstić information content (AvgIpc) is 2.50. The van der Waals surface area contributed by atoms with Crippen LogP contribution in [0, 0.1) is 0 Å². The van der Waals surface area contributed by atoms with E-state index in [1.807, 2.05) is 27.7 Å². The van der Waals surface area contributed by atoms with E-state index in [-0.39, 0.29) is 5.15 Å². The minimum absolute atomic E-state index is 0.0671. The van der Waals surface area contributed by atoms with Gasteiger partial charge in [0.1, 0.15) is 5.15 Å². The summed E-state index contributed by atoms with van der Waals surface area (Å²) >= 11 is 5.94. The number of rotatable bonds is 3. The fourth-order valence-corrected chi connectivity index (χ4v) is 2.13. The standard InChI is InChI=1S/C13H17BClF2NO2/c1-12(2)13(3,4)20-14(19-12)9-6-5-8(7-10(16)17)11(15)18-9/h5-6,10H,7H2,1-4H3. The van der Waals surface area contributed by atoms with Gasteiger partial charge in [-0.25, -0.2) is 13.8 Å². The van der Waals surface area contributed by atoms with E-state index < -0.39 is 31.2 Å². The van der Waals surface area contributed by atoms with Crippen molar-refractivity contribution in [2.45, 2.75) is 51.7 Å². The molecule has 0 radical (unpaired) electrons. The van der Waals surface area contributed by atoms with Crippen LogP contribution in [0.5, 0.6) is 0 Å². The zero-order valence-electron chi connectivity index (χ0n) is 11.9. The third-order valence-corrected chi connectivity index (χ3v) is 4.14. The van der Waals surface area contributed by atoms with Crippen LogP contribution in [0.1, 0.15) is 33.3 Å². The molecule has 1 aromatic heterocycles. The predicted molar refractivity (Wildman–Crippen MR) is 74.7 cm³/mol. The maximum Gasteiger partial charge on any atom is 0.514 e. The van der Waals surface area contributed by atoms with Gasteiger partial charge in [-0.15, -0.1) is 0 Å². The zero-order valence-corrected chi connectivity index (χ0v) is 12.7. The third-order valence-electron chi connectivity index (χ3n) is 3.82. The van der Waals surface area contributed by atoms with E-state index in [9.17, 15) is 8.78 Å². The molecule has 3 nitrogen and oxygen atoms in total. The Bertz CT molecular complexity index is 495. The molecule has 1 fully saturated rings. The van der Waals surface area contributed by atoms with E-state index in [0.717, 1.165) is 0 Å². The van der Waals surface area contributed by atoms with Crippen molar-refractivity contribution in [2.75, 3.05) is 0 Å². The highest BCUT2D eigenvalue weighted by Gasteiger charge is 2.52. The second-order valence-electron chi connectivity index (χ2n) is 5.87. The Balaban J connectivity index is 2.22. The van der Waals surface area contributed by atoms with Crippen molar-refractivity contribution in [1.82, 2.24) is 4.98 Å². The number of nitrogens with zero attached hydrogens (tertiary/aromatic N) is 1. The molecule has 0 bridgehead atoms. The molecule has 0 saturated carbocycles. The first kappa shape index (κ1) is 15.7. The van der Waals surface area contributed by atoms with E-state index in [2.05, 4.69) is 4.98 Å². The van der Waals surface area contributed by atoms with Crippen LogP contribution in [-0.4, -0.2) is 29.7 Å². The monoisotopic (exact) mass is 303 g/mol. The van der Waals surface area contributed by atoms with Crippen molar-refractivity contribution in [2.24, 2.45) is 0 Å². The molecule has 2 heterocycles. The van der Waals surface area contributed by atoms with E-state index in [0.29, 0.717) is 11.2 Å². The van der Waals surface area contributed by atoms with Crippen LogP contribution >= 0.6 is 11.6 Å². The Labute approximate surface area is 122 Å². The minimum Gasteiger partial charge on any atom is -0.398 e. The fraction of sp³-hybridized carbons (Fsp3) is 0.615. The van der Waals surface area contributed by atoms with Gasteiger partial charge in [0, 0.05) is 6.42 Å². The summed E-state index contributed by atoms with van der Waals surface area (Å²) in [5.74, 6) is 0. The van der Waals surface area contributed by atoms with Crippen molar-refractivity contribution in [3.8, 4) is 0 Å². The molecule has 1 aromatic rings. The lowest BCUT2D eigenvalue weighted by molar-refractivity contribution is 0.00578. The summed E-state index contributed by atoms with van der Waals surface area (Å²) in [4.78, 5) is 4.12. The van der Waals surface area contributed by atoms with Gasteiger partial charge in [-0.2, -0.15) is 0 Å². The first-order valence-electron chi connectivity index (χ1n) is 6.41. The molecule has 0 atom stereocenters. The zero-order chi connectivity index (χ0) is 15.1. The summed E-state index contributed by atoms with van der Waals surface area (Å²) in [5, 5.41) is 0.0671. The summed E-state index contributed by atoms with van der Waals surface area (Å²) in [6.45, 7) is 7.72. The predicted octanol–water partition coefficient (Wildman–Crippen LogP) is 2.84. The van der Waals surface area contributed by atoms with E-state index in [4.69, 9.17) is 20.9 Å². The molecule has 1 saturated heterocycles. The van der Waals surface area contributed by atoms with Crippen LogP contribution in [0.15, 0.2) is 12.1 Å². The minimum atomic E-state index is -2.45. The second kappa shape index (κ2) is 5.24. The van der Waals surface area contributed by atoms with Crippen LogP contribution in [0.2, 0.25) is 5.15 Å². The summed E-state index contributed by atoms with van der Waals surface area (Å²) in [6.07, 6.45) is -2.85. The molecule has 0 unspecified atom stereocenters. The molecule has 1 aliphatic rings. The lowest BCUT2D eigenvalue weighted by atomic mass is 9.84. The van der Waals surface area contributed by atoms with Gasteiger partial charge in [0.15, 0.2) is 0 Å². The van der Waals surface area contributed by atoms with Gasteiger partial charge in [0.05, 0.1) is 16.8 Å². The quantitative estimate of drug-likeness (QED) is 0.635. The molecular formula is C13H17BClF2NO2. The molecule has 7 heteroatoms. The smallest absolute Gasteiger partial charge is 0.398 e. The van der Waals surface area contributed by atoms with Crippen molar-refractivity contribution >= 4 is 24.3 Å². The number of pyridine rings is 1. The molecule has 0 spiro atoms. The molecule has 0 aromatic carbocycles. The molecule has 0 amide bonds. The van der Waals surface area contributed by atoms with Gasteiger partial charge in [0.25, 0.3) is 0 Å². The van der Waals surface area contributed by atoms with Gasteiger partial charge >= 0.3 is 7.12 Å². The molecule has 0 aliphatic carbocycles. The summed E-state index contributed by atoms with van der Waals surface area (Å²) in [7, 11) is -0.641. The Kier molecular flexibility index (Phi) is 4.11. The Morgan fingerprint density at radius 3 is 2.20 bits per heavy atom. The van der Waals surface area contributed by atoms with E-state index in [1.54, 1.807) is 12.1 Å². The highest BCUT2D eigenvalue weighted by Crippen LogP contribution is 2.36. The summed E-state index contributed by atoms with van der Waals surface area (Å²) < 4.78 is 36.4. The largest absolute Gasteiger partial charge is 0.514 e. The van der Waals surface area contributed by atoms with Crippen LogP contribution in [0.25, 0.3) is 0 Å². The Morgan fingerprint density at radius 1 is 1.20 bits per heavy atom. The maximum absolute atomic E-state index is 12.4. The number of halogens is 3. The van der Waals surface area contributed by atoms with Crippen LogP contribution in [-0.2, 0) is 15.7 Å². The van der Waals surface area contributed by atoms with Gasteiger partial charge in [-0.3, -0.25) is 0 Å². The van der Waals surface area contributed by atoms with Crippen LogP contribution < -0.4 is 5.59 Å². The Hall–Kier alpha value is -0.715. The molecule has 0 N–H and O–H groups in total. The highest BCUT2D eigenvalue weighted by atomic mass is 35.5. The summed E-state index contributed by atoms with van der Waals surface area (Å²) in [6, 6.07) is 3.16. The second-order valence-corrected chi connectivity index (χ2v) is 6.23. The highest BCUT2D eigenvalue weighted by molar-refractivity contribution is 6.61. The normalized spacial score (nSPS) is 20.7. The molecule has 1 aliphatic heterocycles. The SMILES string of the molecule is CC1(C)OB(c2ccc(CC(F)F)c(Cl)n2)OC1(C)C. The number of alkyl halides is 2. The lowest BCUT2D eigenvalue weighted by Gasteiger charge is -2.32. The maximum atomic E-state index is 12.4. The van der Waals surface area contributed by atoms with Crippen molar-refractivity contribution < 1.29 is 18.1 Å². The molecular weight excluding hydrogens is 286 g/mol. The first-order chi connectivity index (χ1) is 9.12. The lowest BCUT2D eigenvalue weighted by Crippen LogP contribution is -2.41. The Morgan fingerprint density at radius 2 is 1.75 bits per heavy atom. The van der Waals surface area contributed by atoms with Gasteiger partial charge < -0.3 is 9.31 Å². The average molecular weight is 304 g/mol. The van der Waals surface area contributed by atoms with E-state index in [1.165, 1.54) is 0 Å². The third kappa shape index (κ3) is 2.97. The fourth-order valence-electron chi connectivity index (χ4n) is 1.89.